The van der Waals surface area contributed by atoms with Gasteiger partial charge in [0, 0.05) is 12.3 Å². The largest absolute Gasteiger partial charge is 0.507 e. The number of phenolic OH excluding ortho intramolecular Hbond substituents is 1. The number of phenols is 1. The number of aryl methyl sites for hydroxylation is 1. The van der Waals surface area contributed by atoms with E-state index in [1.165, 1.54) is 37.3 Å². The first-order valence-corrected chi connectivity index (χ1v) is 10.2. The lowest BCUT2D eigenvalue weighted by Crippen LogP contribution is -2.45. The van der Waals surface area contributed by atoms with Gasteiger partial charge in [0.05, 0.1) is 3.57 Å². The highest BCUT2D eigenvalue weighted by Gasteiger charge is 2.56. The Bertz CT molecular complexity index is 686. The Morgan fingerprint density at radius 1 is 1.29 bits per heavy atom. The molecule has 0 amide bonds. The van der Waals surface area contributed by atoms with E-state index in [9.17, 15) is 9.90 Å². The van der Waals surface area contributed by atoms with E-state index in [0.717, 1.165) is 22.8 Å². The molecule has 0 aromatic heterocycles. The number of carbonyl (C=O) groups is 1. The molecule has 0 heterocycles. The van der Waals surface area contributed by atoms with Crippen molar-refractivity contribution in [2.75, 3.05) is 0 Å². The average molecular weight is 440 g/mol. The lowest BCUT2D eigenvalue weighted by molar-refractivity contribution is -0.154. The van der Waals surface area contributed by atoms with Gasteiger partial charge in [-0.15, -0.1) is 0 Å². The highest BCUT2D eigenvalue weighted by atomic mass is 127. The van der Waals surface area contributed by atoms with Crippen molar-refractivity contribution in [3.05, 3.63) is 26.8 Å². The number of hydrogen-bond donors (Lipinski definition) is 1. The number of aromatic hydroxyl groups is 1. The maximum Gasteiger partial charge on any atom is 0.302 e. The maximum atomic E-state index is 11.5. The maximum absolute atomic E-state index is 11.5. The zero-order valence-corrected chi connectivity index (χ0v) is 16.5. The Hall–Kier alpha value is -0.780. The lowest BCUT2D eigenvalue weighted by Gasteiger charge is -2.50. The van der Waals surface area contributed by atoms with Crippen molar-refractivity contribution in [1.29, 1.82) is 0 Å². The summed E-state index contributed by atoms with van der Waals surface area (Å²) in [7, 11) is 0. The highest BCUT2D eigenvalue weighted by molar-refractivity contribution is 14.1. The van der Waals surface area contributed by atoms with Crippen LogP contribution in [-0.2, 0) is 16.0 Å². The first-order chi connectivity index (χ1) is 11.4. The molecule has 3 nitrogen and oxygen atoms in total. The summed E-state index contributed by atoms with van der Waals surface area (Å²) >= 11 is 2.24. The Morgan fingerprint density at radius 3 is 2.83 bits per heavy atom. The van der Waals surface area contributed by atoms with E-state index in [1.807, 2.05) is 6.07 Å². The van der Waals surface area contributed by atoms with Gasteiger partial charge in [-0.3, -0.25) is 4.79 Å². The Morgan fingerprint density at radius 2 is 2.08 bits per heavy atom. The van der Waals surface area contributed by atoms with Gasteiger partial charge < -0.3 is 9.84 Å². The van der Waals surface area contributed by atoms with Crippen LogP contribution in [0.25, 0.3) is 0 Å². The molecule has 3 aliphatic rings. The minimum atomic E-state index is -0.136. The van der Waals surface area contributed by atoms with Gasteiger partial charge in [-0.05, 0) is 102 Å². The normalized spacial score (nSPS) is 37.3. The van der Waals surface area contributed by atoms with E-state index in [-0.39, 0.29) is 17.5 Å². The van der Waals surface area contributed by atoms with Crippen LogP contribution in [0.5, 0.6) is 5.75 Å². The van der Waals surface area contributed by atoms with Crippen LogP contribution in [0, 0.1) is 20.8 Å². The molecule has 2 fully saturated rings. The van der Waals surface area contributed by atoms with Crippen LogP contribution in [0.2, 0.25) is 0 Å². The van der Waals surface area contributed by atoms with Crippen molar-refractivity contribution in [2.45, 2.75) is 64.4 Å². The van der Waals surface area contributed by atoms with Gasteiger partial charge in [-0.1, -0.05) is 6.92 Å². The Balaban J connectivity index is 1.65. The first kappa shape index (κ1) is 16.7. The smallest absolute Gasteiger partial charge is 0.302 e. The van der Waals surface area contributed by atoms with E-state index in [1.54, 1.807) is 0 Å². The first-order valence-electron chi connectivity index (χ1n) is 9.08. The van der Waals surface area contributed by atoms with Crippen LogP contribution in [0.3, 0.4) is 0 Å². The number of carbonyl (C=O) groups excluding carboxylic acids is 1. The summed E-state index contributed by atoms with van der Waals surface area (Å²) in [5.74, 6) is 2.24. The van der Waals surface area contributed by atoms with Gasteiger partial charge in [-0.2, -0.15) is 0 Å². The van der Waals surface area contributed by atoms with Crippen LogP contribution in [0.4, 0.5) is 0 Å². The zero-order chi connectivity index (χ0) is 17.1. The third-order valence-corrected chi connectivity index (χ3v) is 7.88. The number of esters is 1. The van der Waals surface area contributed by atoms with Gasteiger partial charge in [0.1, 0.15) is 11.9 Å². The minimum Gasteiger partial charge on any atom is -0.507 e. The predicted octanol–water partition coefficient (Wildman–Crippen LogP) is 4.78. The SMILES string of the molecule is CC(=O)O[C@H]1CCC2C3CCc4cc(O)c(I)cc4C3CC[C@@]21C. The van der Waals surface area contributed by atoms with E-state index >= 15 is 0 Å². The van der Waals surface area contributed by atoms with Crippen LogP contribution < -0.4 is 0 Å². The molecule has 24 heavy (non-hydrogen) atoms. The molecule has 1 N–H and O–H groups in total. The fraction of sp³-hybridized carbons (Fsp3) is 0.650. The molecule has 1 aromatic rings. The second-order valence-corrected chi connectivity index (χ2v) is 9.30. The molecule has 4 heteroatoms. The van der Waals surface area contributed by atoms with Crippen molar-refractivity contribution >= 4 is 28.6 Å². The van der Waals surface area contributed by atoms with Gasteiger partial charge in [0.15, 0.2) is 0 Å². The molecule has 2 saturated carbocycles. The van der Waals surface area contributed by atoms with E-state index in [0.29, 0.717) is 23.5 Å². The lowest BCUT2D eigenvalue weighted by atomic mass is 9.55. The molecule has 1 aromatic carbocycles. The molecule has 3 unspecified atom stereocenters. The molecule has 0 aliphatic heterocycles. The predicted molar refractivity (Wildman–Crippen MR) is 101 cm³/mol. The molecule has 0 saturated heterocycles. The number of fused-ring (bicyclic) bond motifs is 5. The summed E-state index contributed by atoms with van der Waals surface area (Å²) in [6.07, 6.45) is 6.86. The van der Waals surface area contributed by atoms with Crippen molar-refractivity contribution in [1.82, 2.24) is 0 Å². The highest BCUT2D eigenvalue weighted by Crippen LogP contribution is 2.61. The summed E-state index contributed by atoms with van der Waals surface area (Å²) in [4.78, 5) is 11.5. The van der Waals surface area contributed by atoms with E-state index in [2.05, 4.69) is 35.6 Å². The van der Waals surface area contributed by atoms with Crippen LogP contribution in [0.15, 0.2) is 12.1 Å². The molecular formula is C20H25IO3. The number of benzene rings is 1. The van der Waals surface area contributed by atoms with Crippen molar-refractivity contribution in [2.24, 2.45) is 17.3 Å². The molecular weight excluding hydrogens is 415 g/mol. The zero-order valence-electron chi connectivity index (χ0n) is 14.3. The Labute approximate surface area is 157 Å². The van der Waals surface area contributed by atoms with Gasteiger partial charge in [-0.25, -0.2) is 0 Å². The van der Waals surface area contributed by atoms with Crippen molar-refractivity contribution in [3.8, 4) is 5.75 Å². The summed E-state index contributed by atoms with van der Waals surface area (Å²) in [5.41, 5.74) is 2.95. The average Bonchev–Trinajstić information content (AvgIpc) is 2.85. The summed E-state index contributed by atoms with van der Waals surface area (Å²) in [6, 6.07) is 4.20. The molecule has 5 atom stereocenters. The number of halogens is 1. The molecule has 0 radical (unpaired) electrons. The third-order valence-electron chi connectivity index (χ3n) is 7.01. The van der Waals surface area contributed by atoms with Gasteiger partial charge in [0.2, 0.25) is 0 Å². The Kier molecular flexibility index (Phi) is 4.09. The van der Waals surface area contributed by atoms with Crippen LogP contribution in [-0.4, -0.2) is 17.2 Å². The number of rotatable bonds is 1. The fourth-order valence-electron chi connectivity index (χ4n) is 5.93. The van der Waals surface area contributed by atoms with Gasteiger partial charge in [0.25, 0.3) is 0 Å². The third kappa shape index (κ3) is 2.47. The number of ether oxygens (including phenoxy) is 1. The van der Waals surface area contributed by atoms with Crippen LogP contribution >= 0.6 is 22.6 Å². The fourth-order valence-corrected chi connectivity index (χ4v) is 6.42. The number of hydrogen-bond acceptors (Lipinski definition) is 3. The second-order valence-electron chi connectivity index (χ2n) is 8.14. The molecule has 0 spiro atoms. The minimum absolute atomic E-state index is 0.0994. The topological polar surface area (TPSA) is 46.5 Å². The summed E-state index contributed by atoms with van der Waals surface area (Å²) < 4.78 is 6.66. The van der Waals surface area contributed by atoms with Gasteiger partial charge >= 0.3 is 5.97 Å². The molecule has 130 valence electrons. The summed E-state index contributed by atoms with van der Waals surface area (Å²) in [6.45, 7) is 3.89. The van der Waals surface area contributed by atoms with Crippen LogP contribution in [0.1, 0.15) is 63.0 Å². The monoisotopic (exact) mass is 440 g/mol. The quantitative estimate of drug-likeness (QED) is 0.505. The van der Waals surface area contributed by atoms with Crippen molar-refractivity contribution in [3.63, 3.8) is 0 Å². The molecule has 0 bridgehead atoms. The van der Waals surface area contributed by atoms with E-state index in [4.69, 9.17) is 4.74 Å². The molecule has 3 aliphatic carbocycles. The standard InChI is InChI=1S/C20H25IO3/c1-11(22)24-19-6-5-16-14-4-3-12-9-18(23)17(21)10-15(12)13(14)7-8-20(16,19)2/h9-10,13-14,16,19,23H,3-8H2,1-2H3/t13?,14?,16?,19-,20-/m0/s1. The second kappa shape index (κ2) is 5.89. The molecule has 4 rings (SSSR count). The van der Waals surface area contributed by atoms with E-state index < -0.39 is 0 Å². The summed E-state index contributed by atoms with van der Waals surface area (Å²) in [5, 5.41) is 10.0. The van der Waals surface area contributed by atoms with Crippen molar-refractivity contribution < 1.29 is 14.6 Å².